The van der Waals surface area contributed by atoms with Gasteiger partial charge in [0.05, 0.1) is 31.3 Å². The highest BCUT2D eigenvalue weighted by Gasteiger charge is 2.31. The minimum Gasteiger partial charge on any atom is -0.497 e. The topological polar surface area (TPSA) is 81.5 Å². The number of nitrogens with zero attached hydrogens (tertiary/aromatic N) is 3. The lowest BCUT2D eigenvalue weighted by Crippen LogP contribution is -2.40. The van der Waals surface area contributed by atoms with Gasteiger partial charge in [-0.05, 0) is 50.3 Å². The van der Waals surface area contributed by atoms with Crippen molar-refractivity contribution in [2.24, 2.45) is 11.8 Å². The molecule has 1 aliphatic rings. The van der Waals surface area contributed by atoms with Gasteiger partial charge in [-0.15, -0.1) is 0 Å². The molecule has 1 aromatic heterocycles. The maximum Gasteiger partial charge on any atom is 0.228 e. The fraction of sp³-hybridized carbons (Fsp3) is 0.600. The Labute approximate surface area is 198 Å². The first-order valence-corrected chi connectivity index (χ1v) is 13.5. The average Bonchev–Trinajstić information content (AvgIpc) is 3.41. The lowest BCUT2D eigenvalue weighted by atomic mass is 10.1. The molecule has 0 aliphatic heterocycles. The third-order valence-corrected chi connectivity index (χ3v) is 7.76. The van der Waals surface area contributed by atoms with Crippen molar-refractivity contribution in [3.63, 3.8) is 0 Å². The van der Waals surface area contributed by atoms with Crippen LogP contribution >= 0.6 is 0 Å². The first kappa shape index (κ1) is 25.3. The van der Waals surface area contributed by atoms with Crippen molar-refractivity contribution in [1.82, 2.24) is 14.5 Å². The highest BCUT2D eigenvalue weighted by molar-refractivity contribution is 7.90. The summed E-state index contributed by atoms with van der Waals surface area (Å²) in [5.74, 6) is 0.924. The first-order valence-electron chi connectivity index (χ1n) is 11.8. The highest BCUT2D eigenvalue weighted by atomic mass is 32.2. The van der Waals surface area contributed by atoms with E-state index in [9.17, 15) is 13.2 Å². The van der Waals surface area contributed by atoms with E-state index < -0.39 is 9.84 Å². The molecule has 0 atom stereocenters. The SMILES string of the molecule is COc1cccc(CS(=O)(=O)c2ncc(CN(C(=O)C3CCCC3)C(C)C)n2CC(C)C)c1. The molecule has 7 nitrogen and oxygen atoms in total. The zero-order valence-corrected chi connectivity index (χ0v) is 21.3. The number of sulfone groups is 1. The van der Waals surface area contributed by atoms with Gasteiger partial charge in [0.15, 0.2) is 0 Å². The summed E-state index contributed by atoms with van der Waals surface area (Å²) >= 11 is 0. The Bertz CT molecular complexity index is 1050. The van der Waals surface area contributed by atoms with Crippen molar-refractivity contribution < 1.29 is 17.9 Å². The van der Waals surface area contributed by atoms with Crippen LogP contribution in [0, 0.1) is 11.8 Å². The van der Waals surface area contributed by atoms with Crippen LogP contribution < -0.4 is 4.74 Å². The van der Waals surface area contributed by atoms with E-state index in [0.29, 0.717) is 24.4 Å². The Kier molecular flexibility index (Phi) is 8.21. The molecule has 0 saturated heterocycles. The number of methoxy groups -OCH3 is 1. The summed E-state index contributed by atoms with van der Waals surface area (Å²) in [6.45, 7) is 9.00. The molecule has 0 bridgehead atoms. The largest absolute Gasteiger partial charge is 0.497 e. The Morgan fingerprint density at radius 3 is 2.52 bits per heavy atom. The Balaban J connectivity index is 1.92. The second kappa shape index (κ2) is 10.7. The smallest absolute Gasteiger partial charge is 0.228 e. The van der Waals surface area contributed by atoms with Crippen molar-refractivity contribution in [3.05, 3.63) is 41.7 Å². The molecule has 0 unspecified atom stereocenters. The molecule has 33 heavy (non-hydrogen) atoms. The molecule has 1 amide bonds. The van der Waals surface area contributed by atoms with Crippen molar-refractivity contribution in [1.29, 1.82) is 0 Å². The van der Waals surface area contributed by atoms with Gasteiger partial charge in [-0.3, -0.25) is 4.79 Å². The minimum atomic E-state index is -3.69. The van der Waals surface area contributed by atoms with E-state index in [4.69, 9.17) is 4.74 Å². The Morgan fingerprint density at radius 1 is 1.21 bits per heavy atom. The summed E-state index contributed by atoms with van der Waals surface area (Å²) in [7, 11) is -2.13. The van der Waals surface area contributed by atoms with Gasteiger partial charge in [-0.25, -0.2) is 13.4 Å². The van der Waals surface area contributed by atoms with E-state index in [1.807, 2.05) is 32.6 Å². The normalized spacial score (nSPS) is 14.9. The van der Waals surface area contributed by atoms with Crippen LogP contribution in [0.4, 0.5) is 0 Å². The van der Waals surface area contributed by atoms with Crippen LogP contribution in [0.2, 0.25) is 0 Å². The fourth-order valence-corrected chi connectivity index (χ4v) is 5.96. The van der Waals surface area contributed by atoms with E-state index in [1.165, 1.54) is 0 Å². The summed E-state index contributed by atoms with van der Waals surface area (Å²) in [6, 6.07) is 7.10. The second-order valence-corrected chi connectivity index (χ2v) is 11.6. The third-order valence-electron chi connectivity index (χ3n) is 6.16. The summed E-state index contributed by atoms with van der Waals surface area (Å²) in [6.07, 6.45) is 5.69. The molecule has 182 valence electrons. The number of imidazole rings is 1. The number of carbonyl (C=O) groups excluding carboxylic acids is 1. The molecule has 0 spiro atoms. The lowest BCUT2D eigenvalue weighted by Gasteiger charge is -2.30. The molecular formula is C25H37N3O4S. The maximum atomic E-state index is 13.4. The number of hydrogen-bond acceptors (Lipinski definition) is 5. The van der Waals surface area contributed by atoms with Gasteiger partial charge < -0.3 is 14.2 Å². The molecule has 0 radical (unpaired) electrons. The number of ether oxygens (including phenoxy) is 1. The van der Waals surface area contributed by atoms with E-state index >= 15 is 0 Å². The lowest BCUT2D eigenvalue weighted by molar-refractivity contribution is -0.137. The van der Waals surface area contributed by atoms with E-state index in [-0.39, 0.29) is 34.7 Å². The monoisotopic (exact) mass is 475 g/mol. The number of carbonyl (C=O) groups is 1. The van der Waals surface area contributed by atoms with E-state index in [0.717, 1.165) is 31.4 Å². The summed E-state index contributed by atoms with van der Waals surface area (Å²) < 4.78 is 33.8. The van der Waals surface area contributed by atoms with Crippen LogP contribution in [-0.4, -0.2) is 41.9 Å². The number of hydrogen-bond donors (Lipinski definition) is 0. The number of rotatable bonds is 10. The second-order valence-electron chi connectivity index (χ2n) is 9.69. The predicted molar refractivity (Wildman–Crippen MR) is 129 cm³/mol. The molecule has 1 aliphatic carbocycles. The molecule has 1 aromatic carbocycles. The highest BCUT2D eigenvalue weighted by Crippen LogP contribution is 2.29. The van der Waals surface area contributed by atoms with Gasteiger partial charge in [-0.1, -0.05) is 38.8 Å². The molecule has 2 aromatic rings. The van der Waals surface area contributed by atoms with Crippen molar-refractivity contribution >= 4 is 15.7 Å². The van der Waals surface area contributed by atoms with E-state index in [1.54, 1.807) is 42.1 Å². The van der Waals surface area contributed by atoms with Gasteiger partial charge in [0, 0.05) is 18.5 Å². The summed E-state index contributed by atoms with van der Waals surface area (Å²) in [4.78, 5) is 19.4. The average molecular weight is 476 g/mol. The predicted octanol–water partition coefficient (Wildman–Crippen LogP) is 4.45. The van der Waals surface area contributed by atoms with Gasteiger partial charge in [0.1, 0.15) is 5.75 Å². The number of amides is 1. The molecule has 1 saturated carbocycles. The molecule has 1 fully saturated rings. The zero-order chi connectivity index (χ0) is 24.2. The van der Waals surface area contributed by atoms with Crippen LogP contribution in [0.15, 0.2) is 35.6 Å². The fourth-order valence-electron chi connectivity index (χ4n) is 4.47. The standard InChI is InChI=1S/C25H37N3O4S/c1-18(2)15-28-22(16-27(19(3)4)24(29)21-10-6-7-11-21)14-26-25(28)33(30,31)17-20-9-8-12-23(13-20)32-5/h8-9,12-14,18-19,21H,6-7,10-11,15-17H2,1-5H3. The number of aromatic nitrogens is 2. The van der Waals surface area contributed by atoms with Crippen LogP contribution in [-0.2, 0) is 33.5 Å². The van der Waals surface area contributed by atoms with Crippen LogP contribution in [0.3, 0.4) is 0 Å². The first-order chi connectivity index (χ1) is 15.6. The summed E-state index contributed by atoms with van der Waals surface area (Å²) in [5.41, 5.74) is 1.41. The molecule has 0 N–H and O–H groups in total. The molecule has 3 rings (SSSR count). The Hall–Kier alpha value is -2.35. The van der Waals surface area contributed by atoms with Gasteiger partial charge >= 0.3 is 0 Å². The summed E-state index contributed by atoms with van der Waals surface area (Å²) in [5, 5.41) is 0.0611. The number of benzene rings is 1. The van der Waals surface area contributed by atoms with Crippen molar-refractivity contribution in [3.8, 4) is 5.75 Å². The minimum absolute atomic E-state index is 0.0253. The van der Waals surface area contributed by atoms with Crippen LogP contribution in [0.5, 0.6) is 5.75 Å². The van der Waals surface area contributed by atoms with Crippen LogP contribution in [0.1, 0.15) is 64.6 Å². The van der Waals surface area contributed by atoms with Gasteiger partial charge in [0.2, 0.25) is 20.9 Å². The third kappa shape index (κ3) is 6.16. The van der Waals surface area contributed by atoms with Crippen molar-refractivity contribution in [2.75, 3.05) is 7.11 Å². The molecule has 1 heterocycles. The molecule has 8 heteroatoms. The van der Waals surface area contributed by atoms with Crippen LogP contribution in [0.25, 0.3) is 0 Å². The van der Waals surface area contributed by atoms with Gasteiger partial charge in [0.25, 0.3) is 0 Å². The van der Waals surface area contributed by atoms with E-state index in [2.05, 4.69) is 4.98 Å². The maximum absolute atomic E-state index is 13.4. The zero-order valence-electron chi connectivity index (χ0n) is 20.5. The Morgan fingerprint density at radius 2 is 1.91 bits per heavy atom. The molecular weight excluding hydrogens is 438 g/mol. The van der Waals surface area contributed by atoms with Gasteiger partial charge in [-0.2, -0.15) is 0 Å². The van der Waals surface area contributed by atoms with Crippen molar-refractivity contribution in [2.45, 2.75) is 83.4 Å². The quantitative estimate of drug-likeness (QED) is 0.507.